The van der Waals surface area contributed by atoms with Crippen LogP contribution in [0.15, 0.2) is 48.5 Å². The van der Waals surface area contributed by atoms with E-state index >= 15 is 0 Å². The maximum atomic E-state index is 7.92. The molecule has 4 heteroatoms. The van der Waals surface area contributed by atoms with Crippen molar-refractivity contribution in [3.05, 3.63) is 76.9 Å². The summed E-state index contributed by atoms with van der Waals surface area (Å²) in [4.78, 5) is 4.00. The second kappa shape index (κ2) is 8.78. The molecule has 0 radical (unpaired) electrons. The van der Waals surface area contributed by atoms with Gasteiger partial charge in [0.1, 0.15) is 0 Å². The average Bonchev–Trinajstić information content (AvgIpc) is 3.10. The molecule has 1 fully saturated rings. The van der Waals surface area contributed by atoms with Gasteiger partial charge in [-0.05, 0) is 60.6 Å². The molecule has 0 unspecified atom stereocenters. The quantitative estimate of drug-likeness (QED) is 0.371. The molecule has 4 nitrogen and oxygen atoms in total. The minimum atomic E-state index is 0.0844. The van der Waals surface area contributed by atoms with Crippen molar-refractivity contribution in [2.45, 2.75) is 58.7 Å². The Labute approximate surface area is 203 Å². The fraction of sp³-hybridized carbons (Fsp3) is 0.500. The van der Waals surface area contributed by atoms with Crippen LogP contribution < -0.4 is 0 Å². The summed E-state index contributed by atoms with van der Waals surface area (Å²) in [7, 11) is 0. The van der Waals surface area contributed by atoms with E-state index in [1.165, 1.54) is 52.7 Å². The fourth-order valence-corrected chi connectivity index (χ4v) is 7.40. The Bertz CT molecular complexity index is 1240. The molecule has 0 saturated heterocycles. The Morgan fingerprint density at radius 2 is 1.91 bits per heavy atom. The van der Waals surface area contributed by atoms with Gasteiger partial charge >= 0.3 is 0 Å². The predicted molar refractivity (Wildman–Crippen MR) is 136 cm³/mol. The fourth-order valence-electron chi connectivity index (χ4n) is 7.40. The molecule has 176 valence electrons. The van der Waals surface area contributed by atoms with Crippen molar-refractivity contribution in [1.82, 2.24) is 9.58 Å². The highest BCUT2D eigenvalue weighted by Crippen LogP contribution is 2.49. The van der Waals surface area contributed by atoms with Crippen molar-refractivity contribution in [3.63, 3.8) is 0 Å². The number of hydrogen-bond acceptors (Lipinski definition) is 2. The van der Waals surface area contributed by atoms with Crippen LogP contribution in [0, 0.1) is 30.2 Å². The van der Waals surface area contributed by atoms with Crippen molar-refractivity contribution < 1.29 is 4.74 Å². The molecule has 1 aromatic heterocycles. The van der Waals surface area contributed by atoms with E-state index in [9.17, 15) is 0 Å². The molecule has 0 spiro atoms. The van der Waals surface area contributed by atoms with Crippen molar-refractivity contribution >= 4 is 10.9 Å². The highest BCUT2D eigenvalue weighted by atomic mass is 16.5. The van der Waals surface area contributed by atoms with Crippen LogP contribution in [0.2, 0.25) is 0 Å². The van der Waals surface area contributed by atoms with Crippen molar-refractivity contribution in [1.29, 1.82) is 0 Å². The average molecular weight is 454 g/mol. The molecule has 1 aliphatic carbocycles. The standard InChI is InChI=1S/C30H35N3O/c1-4-23-20(2)13-14-21-18-32(31-3)16-15-25-24-10-6-8-12-28(24)33-27-11-7-5-9-22(27)19-34-29(30(25)33)17-26(21)23/h5-12,20-21,23,26,29H,4,13-19H2,1-2H3/t20-,21-,23-,26-,29-/m0/s1. The number of fused-ring (bicyclic) bond motifs is 6. The first-order chi connectivity index (χ1) is 16.7. The van der Waals surface area contributed by atoms with Crippen LogP contribution in [0.3, 0.4) is 0 Å². The zero-order valence-electron chi connectivity index (χ0n) is 20.4. The van der Waals surface area contributed by atoms with Gasteiger partial charge in [0, 0.05) is 10.9 Å². The molecule has 2 aliphatic heterocycles. The second-order valence-electron chi connectivity index (χ2n) is 10.7. The zero-order valence-corrected chi connectivity index (χ0v) is 20.4. The van der Waals surface area contributed by atoms with E-state index in [1.807, 2.05) is 5.01 Å². The van der Waals surface area contributed by atoms with Gasteiger partial charge in [0.15, 0.2) is 0 Å². The minimum absolute atomic E-state index is 0.0844. The summed E-state index contributed by atoms with van der Waals surface area (Å²) in [5.74, 6) is 2.59. The number of aromatic nitrogens is 1. The Hall–Kier alpha value is -2.77. The third-order valence-electron chi connectivity index (χ3n) is 9.04. The maximum absolute atomic E-state index is 7.92. The molecule has 0 bridgehead atoms. The normalized spacial score (nSPS) is 28.9. The van der Waals surface area contributed by atoms with Crippen molar-refractivity contribution in [2.75, 3.05) is 13.1 Å². The van der Waals surface area contributed by atoms with Gasteiger partial charge in [-0.25, -0.2) is 0 Å². The molecule has 0 N–H and O–H groups in total. The molecule has 5 atom stereocenters. The second-order valence-corrected chi connectivity index (χ2v) is 10.7. The van der Waals surface area contributed by atoms with Crippen molar-refractivity contribution in [2.24, 2.45) is 23.7 Å². The summed E-state index contributed by atoms with van der Waals surface area (Å²) < 4.78 is 9.34. The van der Waals surface area contributed by atoms with Gasteiger partial charge in [-0.3, -0.25) is 0 Å². The maximum Gasteiger partial charge on any atom is 0.0988 e. The first kappa shape index (κ1) is 21.7. The van der Waals surface area contributed by atoms with E-state index in [4.69, 9.17) is 11.3 Å². The molecule has 3 aliphatic rings. The monoisotopic (exact) mass is 453 g/mol. The van der Waals surface area contributed by atoms with Crippen LogP contribution in [0.4, 0.5) is 0 Å². The van der Waals surface area contributed by atoms with E-state index in [-0.39, 0.29) is 6.10 Å². The molecule has 3 heterocycles. The summed E-state index contributed by atoms with van der Waals surface area (Å²) in [5, 5.41) is 3.35. The number of rotatable bonds is 1. The van der Waals surface area contributed by atoms with Gasteiger partial charge in [-0.2, -0.15) is 11.5 Å². The summed E-state index contributed by atoms with van der Waals surface area (Å²) in [6, 6.07) is 17.6. The van der Waals surface area contributed by atoms with Gasteiger partial charge in [0.2, 0.25) is 0 Å². The van der Waals surface area contributed by atoms with Crippen LogP contribution in [-0.4, -0.2) is 22.7 Å². The van der Waals surface area contributed by atoms with Gasteiger partial charge in [-0.15, -0.1) is 5.01 Å². The zero-order chi connectivity index (χ0) is 23.2. The summed E-state index contributed by atoms with van der Waals surface area (Å²) in [6.07, 6.45) is 5.75. The van der Waals surface area contributed by atoms with E-state index in [0.717, 1.165) is 31.8 Å². The highest BCUT2D eigenvalue weighted by molar-refractivity contribution is 5.88. The number of hydrogen-bond donors (Lipinski definition) is 0. The van der Waals surface area contributed by atoms with Crippen LogP contribution in [0.25, 0.3) is 21.5 Å². The number of ether oxygens (including phenoxy) is 1. The Balaban J connectivity index is 1.57. The highest BCUT2D eigenvalue weighted by Gasteiger charge is 2.42. The van der Waals surface area contributed by atoms with E-state index in [1.54, 1.807) is 0 Å². The molecule has 0 amide bonds. The molecule has 34 heavy (non-hydrogen) atoms. The molecular weight excluding hydrogens is 418 g/mol. The lowest BCUT2D eigenvalue weighted by Crippen LogP contribution is -2.40. The van der Waals surface area contributed by atoms with Crippen LogP contribution in [0.5, 0.6) is 0 Å². The molecule has 3 aromatic rings. The summed E-state index contributed by atoms with van der Waals surface area (Å²) in [5.41, 5.74) is 6.50. The van der Waals surface area contributed by atoms with Gasteiger partial charge in [0.25, 0.3) is 0 Å². The van der Waals surface area contributed by atoms with E-state index < -0.39 is 0 Å². The number of para-hydroxylation sites is 2. The minimum Gasteiger partial charge on any atom is -0.367 e. The smallest absolute Gasteiger partial charge is 0.0988 e. The van der Waals surface area contributed by atoms with Crippen LogP contribution in [-0.2, 0) is 17.8 Å². The Morgan fingerprint density at radius 3 is 2.76 bits per heavy atom. The largest absolute Gasteiger partial charge is 0.367 e. The van der Waals surface area contributed by atoms with Gasteiger partial charge in [-0.1, -0.05) is 63.1 Å². The lowest BCUT2D eigenvalue weighted by Gasteiger charge is -2.44. The molecule has 1 saturated carbocycles. The molecular formula is C30H35N3O. The summed E-state index contributed by atoms with van der Waals surface area (Å²) in [6.45, 7) is 15.1. The number of benzene rings is 2. The third-order valence-corrected chi connectivity index (χ3v) is 9.04. The predicted octanol–water partition coefficient (Wildman–Crippen LogP) is 6.97. The molecule has 6 rings (SSSR count). The Morgan fingerprint density at radius 1 is 1.09 bits per heavy atom. The molecule has 2 aromatic carbocycles. The van der Waals surface area contributed by atoms with E-state index in [0.29, 0.717) is 24.4 Å². The lowest BCUT2D eigenvalue weighted by molar-refractivity contribution is -0.0186. The van der Waals surface area contributed by atoms with Crippen LogP contribution in [0.1, 0.15) is 62.5 Å². The first-order valence-corrected chi connectivity index (χ1v) is 13.1. The topological polar surface area (TPSA) is 21.8 Å². The SMILES string of the molecule is [C-]#[N+]N1CCc2c3n(c4ccccc24)-c2ccccc2CO[C@H]3C[C@H]2[C@@H](CC[C@H](C)[C@@H]2CC)C1. The number of nitrogens with zero attached hydrogens (tertiary/aromatic N) is 3. The van der Waals surface area contributed by atoms with Gasteiger partial charge in [0.05, 0.1) is 42.7 Å². The van der Waals surface area contributed by atoms with Crippen molar-refractivity contribution in [3.8, 4) is 5.69 Å². The van der Waals surface area contributed by atoms with E-state index in [2.05, 4.69) is 71.9 Å². The van der Waals surface area contributed by atoms with Gasteiger partial charge < -0.3 is 9.30 Å². The third kappa shape index (κ3) is 3.45. The van der Waals surface area contributed by atoms with Crippen LogP contribution >= 0.6 is 0 Å². The summed E-state index contributed by atoms with van der Waals surface area (Å²) >= 11 is 0. The first-order valence-electron chi connectivity index (χ1n) is 13.1. The Kier molecular flexibility index (Phi) is 5.62. The lowest BCUT2D eigenvalue weighted by atomic mass is 9.64.